The minimum Gasteiger partial charge on any atom is -0.393 e. The first-order valence-electron chi connectivity index (χ1n) is 5.57. The van der Waals surface area contributed by atoms with Gasteiger partial charge in [0, 0.05) is 24.5 Å². The Bertz CT molecular complexity index is 174. The summed E-state index contributed by atoms with van der Waals surface area (Å²) in [5.74, 6) is 0. The Balaban J connectivity index is 2.69. The molecule has 0 saturated heterocycles. The van der Waals surface area contributed by atoms with Gasteiger partial charge in [-0.1, -0.05) is 0 Å². The van der Waals surface area contributed by atoms with Crippen molar-refractivity contribution >= 4 is 0 Å². The Morgan fingerprint density at radius 3 is 1.79 bits per heavy atom. The molecule has 0 aromatic heterocycles. The Hall–Kier alpha value is -0.120. The van der Waals surface area contributed by atoms with Crippen molar-refractivity contribution in [3.8, 4) is 0 Å². The van der Waals surface area contributed by atoms with E-state index >= 15 is 0 Å². The summed E-state index contributed by atoms with van der Waals surface area (Å²) in [5.41, 5.74) is 0. The van der Waals surface area contributed by atoms with Crippen molar-refractivity contribution in [3.63, 3.8) is 0 Å². The molecular weight excluding hydrogens is 178 g/mol. The van der Waals surface area contributed by atoms with Crippen molar-refractivity contribution in [2.24, 2.45) is 0 Å². The van der Waals surface area contributed by atoms with E-state index in [-0.39, 0.29) is 18.2 Å². The van der Waals surface area contributed by atoms with Crippen LogP contribution in [0.25, 0.3) is 0 Å². The minimum absolute atomic E-state index is 0.130. The molecule has 3 unspecified atom stereocenters. The van der Waals surface area contributed by atoms with Gasteiger partial charge < -0.3 is 10.2 Å². The normalized spacial score (nSPS) is 33.6. The van der Waals surface area contributed by atoms with Crippen LogP contribution in [0, 0.1) is 0 Å². The lowest BCUT2D eigenvalue weighted by molar-refractivity contribution is 0.0313. The fourth-order valence-corrected chi connectivity index (χ4v) is 2.65. The molecule has 0 aromatic rings. The first-order valence-corrected chi connectivity index (χ1v) is 5.57. The summed E-state index contributed by atoms with van der Waals surface area (Å²) in [6.07, 6.45) is 0.544. The highest BCUT2D eigenvalue weighted by Crippen LogP contribution is 2.27. The predicted molar refractivity (Wildman–Crippen MR) is 57.1 cm³/mol. The van der Waals surface area contributed by atoms with Crippen molar-refractivity contribution in [2.45, 2.75) is 70.9 Å². The van der Waals surface area contributed by atoms with Crippen LogP contribution in [0.1, 0.15) is 40.5 Å². The summed E-state index contributed by atoms with van der Waals surface area (Å²) < 4.78 is 0. The maximum Gasteiger partial charge on any atom is 0.0721 e. The van der Waals surface area contributed by atoms with Crippen molar-refractivity contribution < 1.29 is 10.2 Å². The molecule has 2 N–H and O–H groups in total. The minimum atomic E-state index is -0.366. The first-order chi connectivity index (χ1) is 6.43. The topological polar surface area (TPSA) is 43.7 Å². The van der Waals surface area contributed by atoms with E-state index in [9.17, 15) is 10.2 Å². The monoisotopic (exact) mass is 201 g/mol. The average molecular weight is 201 g/mol. The smallest absolute Gasteiger partial charge is 0.0721 e. The second-order valence-corrected chi connectivity index (χ2v) is 4.89. The van der Waals surface area contributed by atoms with Gasteiger partial charge in [-0.3, -0.25) is 4.90 Å². The highest BCUT2D eigenvalue weighted by atomic mass is 16.3. The number of aliphatic hydroxyl groups excluding tert-OH is 2. The second kappa shape index (κ2) is 4.60. The van der Waals surface area contributed by atoms with E-state index in [1.807, 2.05) is 0 Å². The molecular formula is C11H23NO2. The third-order valence-electron chi connectivity index (χ3n) is 3.05. The summed E-state index contributed by atoms with van der Waals surface area (Å²) in [6.45, 7) is 8.55. The van der Waals surface area contributed by atoms with Gasteiger partial charge in [0.25, 0.3) is 0 Å². The Labute approximate surface area is 86.7 Å². The fourth-order valence-electron chi connectivity index (χ4n) is 2.65. The zero-order chi connectivity index (χ0) is 10.9. The summed E-state index contributed by atoms with van der Waals surface area (Å²) in [5, 5.41) is 19.3. The summed E-state index contributed by atoms with van der Waals surface area (Å²) in [4.78, 5) is 2.29. The van der Waals surface area contributed by atoms with Crippen LogP contribution in [-0.4, -0.2) is 45.4 Å². The number of rotatable bonds is 3. The van der Waals surface area contributed by atoms with Crippen molar-refractivity contribution in [2.75, 3.05) is 0 Å². The van der Waals surface area contributed by atoms with Gasteiger partial charge in [-0.15, -0.1) is 0 Å². The van der Waals surface area contributed by atoms with Crippen LogP contribution in [0.4, 0.5) is 0 Å². The standard InChI is InChI=1S/C11H23NO2/c1-7(2)12(8(3)4)10-5-9(13)6-11(10)14/h7-11,13-14H,5-6H2,1-4H3. The van der Waals surface area contributed by atoms with Crippen molar-refractivity contribution in [3.05, 3.63) is 0 Å². The number of nitrogens with zero attached hydrogens (tertiary/aromatic N) is 1. The van der Waals surface area contributed by atoms with Crippen molar-refractivity contribution in [1.29, 1.82) is 0 Å². The van der Waals surface area contributed by atoms with E-state index in [2.05, 4.69) is 32.6 Å². The zero-order valence-corrected chi connectivity index (χ0v) is 9.64. The van der Waals surface area contributed by atoms with Gasteiger partial charge in [0.2, 0.25) is 0 Å². The van der Waals surface area contributed by atoms with E-state index in [4.69, 9.17) is 0 Å². The van der Waals surface area contributed by atoms with Crippen LogP contribution >= 0.6 is 0 Å². The lowest BCUT2D eigenvalue weighted by Crippen LogP contribution is -2.48. The molecule has 84 valence electrons. The SMILES string of the molecule is CC(C)N(C(C)C)C1CC(O)CC1O. The van der Waals surface area contributed by atoms with Gasteiger partial charge in [0.05, 0.1) is 12.2 Å². The maximum absolute atomic E-state index is 9.83. The van der Waals surface area contributed by atoms with E-state index in [0.29, 0.717) is 24.9 Å². The van der Waals surface area contributed by atoms with Crippen LogP contribution in [0.15, 0.2) is 0 Å². The van der Waals surface area contributed by atoms with Crippen LogP contribution in [0.2, 0.25) is 0 Å². The summed E-state index contributed by atoms with van der Waals surface area (Å²) >= 11 is 0. The molecule has 1 aliphatic rings. The van der Waals surface area contributed by atoms with Crippen LogP contribution in [-0.2, 0) is 0 Å². The molecule has 0 aliphatic heterocycles. The molecule has 0 aromatic carbocycles. The molecule has 1 rings (SSSR count). The molecule has 1 saturated carbocycles. The molecule has 14 heavy (non-hydrogen) atoms. The van der Waals surface area contributed by atoms with Gasteiger partial charge in [0.15, 0.2) is 0 Å². The molecule has 3 atom stereocenters. The molecule has 0 heterocycles. The fraction of sp³-hybridized carbons (Fsp3) is 1.00. The van der Waals surface area contributed by atoms with Gasteiger partial charge in [-0.25, -0.2) is 0 Å². The molecule has 0 spiro atoms. The van der Waals surface area contributed by atoms with E-state index in [1.54, 1.807) is 0 Å². The van der Waals surface area contributed by atoms with Gasteiger partial charge in [-0.2, -0.15) is 0 Å². The Morgan fingerprint density at radius 1 is 1.00 bits per heavy atom. The zero-order valence-electron chi connectivity index (χ0n) is 9.64. The van der Waals surface area contributed by atoms with Gasteiger partial charge >= 0.3 is 0 Å². The first kappa shape index (κ1) is 12.0. The molecule has 0 amide bonds. The predicted octanol–water partition coefficient (Wildman–Crippen LogP) is 0.989. The number of hydrogen-bond donors (Lipinski definition) is 2. The van der Waals surface area contributed by atoms with Gasteiger partial charge in [0.1, 0.15) is 0 Å². The average Bonchev–Trinajstić information content (AvgIpc) is 2.29. The highest BCUT2D eigenvalue weighted by Gasteiger charge is 2.37. The molecule has 1 aliphatic carbocycles. The summed E-state index contributed by atoms with van der Waals surface area (Å²) in [6, 6.07) is 0.963. The Kier molecular flexibility index (Phi) is 3.93. The second-order valence-electron chi connectivity index (χ2n) is 4.89. The molecule has 3 nitrogen and oxygen atoms in total. The van der Waals surface area contributed by atoms with Crippen LogP contribution in [0.5, 0.6) is 0 Å². The summed E-state index contributed by atoms with van der Waals surface area (Å²) in [7, 11) is 0. The lowest BCUT2D eigenvalue weighted by atomic mass is 10.1. The van der Waals surface area contributed by atoms with Crippen molar-refractivity contribution in [1.82, 2.24) is 4.90 Å². The number of aliphatic hydroxyl groups is 2. The molecule has 0 radical (unpaired) electrons. The maximum atomic E-state index is 9.83. The highest BCUT2D eigenvalue weighted by molar-refractivity contribution is 4.92. The van der Waals surface area contributed by atoms with Gasteiger partial charge in [-0.05, 0) is 34.1 Å². The molecule has 0 bridgehead atoms. The van der Waals surface area contributed by atoms with E-state index in [1.165, 1.54) is 0 Å². The molecule has 3 heteroatoms. The van der Waals surface area contributed by atoms with Crippen LogP contribution in [0.3, 0.4) is 0 Å². The largest absolute Gasteiger partial charge is 0.393 e. The van der Waals surface area contributed by atoms with Crippen LogP contribution < -0.4 is 0 Å². The Morgan fingerprint density at radius 2 is 1.50 bits per heavy atom. The lowest BCUT2D eigenvalue weighted by Gasteiger charge is -2.37. The molecule has 1 fully saturated rings. The van der Waals surface area contributed by atoms with E-state index < -0.39 is 0 Å². The quantitative estimate of drug-likeness (QED) is 0.715. The third kappa shape index (κ3) is 2.47. The third-order valence-corrected chi connectivity index (χ3v) is 3.05. The number of hydrogen-bond acceptors (Lipinski definition) is 3. The van der Waals surface area contributed by atoms with E-state index in [0.717, 1.165) is 0 Å².